The molecule has 0 spiro atoms. The molecule has 3 heterocycles. The third kappa shape index (κ3) is 9.03. The van der Waals surface area contributed by atoms with Crippen molar-refractivity contribution >= 4 is 5.91 Å². The molecule has 0 aromatic rings. The van der Waals surface area contributed by atoms with Crippen molar-refractivity contribution in [2.75, 3.05) is 33.3 Å². The first-order valence-corrected chi connectivity index (χ1v) is 16.2. The summed E-state index contributed by atoms with van der Waals surface area (Å²) < 4.78 is 35.5. The highest BCUT2D eigenvalue weighted by Crippen LogP contribution is 2.34. The molecule has 21 nitrogen and oxygen atoms in total. The predicted octanol–water partition coefficient (Wildman–Crippen LogP) is -8.61. The lowest BCUT2D eigenvalue weighted by Gasteiger charge is -2.46. The van der Waals surface area contributed by atoms with Crippen LogP contribution in [0.2, 0.25) is 0 Å². The molecule has 49 heavy (non-hydrogen) atoms. The summed E-state index contributed by atoms with van der Waals surface area (Å²) in [7, 11) is 1.73. The summed E-state index contributed by atoms with van der Waals surface area (Å²) in [4.78, 5) is 12.7. The molecule has 21 heteroatoms. The molecule has 2 saturated heterocycles. The van der Waals surface area contributed by atoms with Crippen LogP contribution in [0.5, 0.6) is 0 Å². The summed E-state index contributed by atoms with van der Waals surface area (Å²) in [6, 6.07) is -4.06. The largest absolute Gasteiger partial charge is 0.467 e. The molecule has 18 atom stereocenters. The van der Waals surface area contributed by atoms with Gasteiger partial charge in [0.2, 0.25) is 6.29 Å². The van der Waals surface area contributed by atoms with Crippen molar-refractivity contribution in [3.63, 3.8) is 0 Å². The van der Waals surface area contributed by atoms with Gasteiger partial charge in [-0.1, -0.05) is 0 Å². The number of rotatable bonds is 14. The van der Waals surface area contributed by atoms with Gasteiger partial charge in [-0.05, 0) is 26.0 Å². The highest BCUT2D eigenvalue weighted by molar-refractivity contribution is 5.81. The second kappa shape index (κ2) is 17.7. The third-order valence-corrected chi connectivity index (χ3v) is 9.13. The lowest BCUT2D eigenvalue weighted by atomic mass is 9.83. The van der Waals surface area contributed by atoms with E-state index in [0.717, 1.165) is 0 Å². The normalized spacial score (nSPS) is 44.1. The van der Waals surface area contributed by atoms with E-state index in [9.17, 15) is 40.5 Å². The Morgan fingerprint density at radius 3 is 2.18 bits per heavy atom. The zero-order valence-corrected chi connectivity index (χ0v) is 27.1. The van der Waals surface area contributed by atoms with Crippen molar-refractivity contribution in [2.24, 2.45) is 28.7 Å². The van der Waals surface area contributed by atoms with E-state index in [1.54, 1.807) is 13.1 Å². The smallest absolute Gasteiger partial charge is 0.251 e. The average Bonchev–Trinajstić information content (AvgIpc) is 3.38. The molecule has 0 bridgehead atoms. The van der Waals surface area contributed by atoms with Gasteiger partial charge in [0.25, 0.3) is 5.91 Å². The Labute approximate surface area is 282 Å². The quantitative estimate of drug-likeness (QED) is 0.0795. The van der Waals surface area contributed by atoms with Crippen LogP contribution in [0.4, 0.5) is 0 Å². The van der Waals surface area contributed by atoms with Crippen molar-refractivity contribution in [1.82, 2.24) is 10.6 Å². The molecule has 0 aromatic heterocycles. The van der Waals surface area contributed by atoms with E-state index >= 15 is 0 Å². The summed E-state index contributed by atoms with van der Waals surface area (Å²) in [5.74, 6) is -0.489. The van der Waals surface area contributed by atoms with Crippen molar-refractivity contribution in [3.8, 4) is 0 Å². The molecule has 4 aliphatic rings. The molecule has 1 saturated carbocycles. The highest BCUT2D eigenvalue weighted by atomic mass is 16.8. The van der Waals surface area contributed by atoms with Gasteiger partial charge >= 0.3 is 0 Å². The van der Waals surface area contributed by atoms with Gasteiger partial charge in [-0.15, -0.1) is 0 Å². The molecule has 4 rings (SSSR count). The van der Waals surface area contributed by atoms with Crippen LogP contribution in [0.15, 0.2) is 11.8 Å². The number of nitrogens with one attached hydrogen (secondary N) is 2. The molecule has 0 aromatic carbocycles. The SMILES string of the molecule is CNCC1=CC[C@@H](N)[C@@H](O[C@H]2[C@H](O[C@@H]3O[C@H](CO)[C@@H](O[C@H]4O[C@@H](CN)[C@@H](O)[C@H](O)[C@H]4N)[C@H]3O)[C@@H](O)[C@H](NC(=O)C(O)[C@H](O)CN)C[C@@H]2N)O1. The maximum Gasteiger partial charge on any atom is 0.251 e. The molecule has 284 valence electrons. The Morgan fingerprint density at radius 1 is 0.898 bits per heavy atom. The van der Waals surface area contributed by atoms with Crippen LogP contribution in [0.1, 0.15) is 12.8 Å². The summed E-state index contributed by atoms with van der Waals surface area (Å²) in [5, 5.41) is 79.0. The topological polar surface area (TPSA) is 368 Å². The lowest BCUT2D eigenvalue weighted by molar-refractivity contribution is -0.282. The first-order chi connectivity index (χ1) is 23.3. The number of amides is 1. The van der Waals surface area contributed by atoms with Crippen LogP contribution in [-0.4, -0.2) is 185 Å². The van der Waals surface area contributed by atoms with Gasteiger partial charge in [-0.25, -0.2) is 0 Å². The first kappa shape index (κ1) is 40.1. The molecule has 0 radical (unpaired) electrons. The number of aliphatic hydroxyl groups is 7. The predicted molar refractivity (Wildman–Crippen MR) is 165 cm³/mol. The number of aliphatic hydroxyl groups excluding tert-OH is 7. The Balaban J connectivity index is 1.56. The van der Waals surface area contributed by atoms with Crippen LogP contribution >= 0.6 is 0 Å². The fourth-order valence-corrected chi connectivity index (χ4v) is 6.23. The Kier molecular flexibility index (Phi) is 14.5. The van der Waals surface area contributed by atoms with Crippen molar-refractivity contribution < 1.29 is 69.0 Å². The van der Waals surface area contributed by atoms with Crippen LogP contribution in [-0.2, 0) is 33.2 Å². The van der Waals surface area contributed by atoms with Gasteiger partial charge in [0.1, 0.15) is 66.8 Å². The summed E-state index contributed by atoms with van der Waals surface area (Å²) >= 11 is 0. The minimum absolute atomic E-state index is 0.101. The highest BCUT2D eigenvalue weighted by Gasteiger charge is 2.54. The second-order valence-electron chi connectivity index (χ2n) is 12.7. The zero-order chi connectivity index (χ0) is 36.2. The molecule has 19 N–H and O–H groups in total. The van der Waals surface area contributed by atoms with Gasteiger partial charge < -0.3 is 103 Å². The van der Waals surface area contributed by atoms with Gasteiger partial charge in [0.15, 0.2) is 18.7 Å². The van der Waals surface area contributed by atoms with Crippen LogP contribution in [0.3, 0.4) is 0 Å². The zero-order valence-electron chi connectivity index (χ0n) is 27.1. The fourth-order valence-electron chi connectivity index (χ4n) is 6.23. The second-order valence-corrected chi connectivity index (χ2v) is 12.7. The van der Waals surface area contributed by atoms with Gasteiger partial charge in [0.05, 0.1) is 31.3 Å². The maximum atomic E-state index is 12.7. The van der Waals surface area contributed by atoms with E-state index in [4.69, 9.17) is 57.1 Å². The fraction of sp³-hybridized carbons (Fsp3) is 0.893. The van der Waals surface area contributed by atoms with Crippen LogP contribution in [0, 0.1) is 0 Å². The van der Waals surface area contributed by atoms with Crippen molar-refractivity contribution in [1.29, 1.82) is 0 Å². The number of hydrogen-bond donors (Lipinski definition) is 14. The van der Waals surface area contributed by atoms with Gasteiger partial charge in [-0.3, -0.25) is 4.79 Å². The molecule has 1 aliphatic carbocycles. The van der Waals surface area contributed by atoms with Crippen LogP contribution in [0.25, 0.3) is 0 Å². The number of likely N-dealkylation sites (N-methyl/N-ethyl adjacent to an activating group) is 1. The summed E-state index contributed by atoms with van der Waals surface area (Å²) in [6.07, 6.45) is -18.0. The molecule has 3 aliphatic heterocycles. The van der Waals surface area contributed by atoms with Gasteiger partial charge in [-0.2, -0.15) is 0 Å². The number of ether oxygens (including phenoxy) is 6. The number of carbonyl (C=O) groups excluding carboxylic acids is 1. The third-order valence-electron chi connectivity index (χ3n) is 9.13. The minimum atomic E-state index is -1.91. The van der Waals surface area contributed by atoms with E-state index in [1.807, 2.05) is 0 Å². The lowest BCUT2D eigenvalue weighted by Crippen LogP contribution is -2.67. The molecular formula is C28H53N7O14. The van der Waals surface area contributed by atoms with E-state index in [1.165, 1.54) is 0 Å². The molecule has 3 fully saturated rings. The Bertz CT molecular complexity index is 1100. The number of carbonyl (C=O) groups is 1. The molecular weight excluding hydrogens is 658 g/mol. The van der Waals surface area contributed by atoms with Crippen molar-refractivity contribution in [2.45, 2.75) is 123 Å². The number of hydrogen-bond acceptors (Lipinski definition) is 20. The summed E-state index contributed by atoms with van der Waals surface area (Å²) in [5.41, 5.74) is 29.8. The Hall–Kier alpha value is -1.71. The van der Waals surface area contributed by atoms with E-state index in [0.29, 0.717) is 18.7 Å². The van der Waals surface area contributed by atoms with Crippen molar-refractivity contribution in [3.05, 3.63) is 11.8 Å². The number of nitrogens with two attached hydrogens (primary N) is 5. The first-order valence-electron chi connectivity index (χ1n) is 16.2. The molecule has 1 unspecified atom stereocenters. The van der Waals surface area contributed by atoms with Gasteiger partial charge in [0, 0.05) is 19.1 Å². The molecule has 1 amide bonds. The standard InChI is InChI=1S/C28H53N7O14/c1-34-7-9-2-3-10(31)26(44-9)47-22-11(32)4-12(35-25(43)18(39)13(37)5-29)17(38)24(22)49-28-21(42)23(15(8-36)46-28)48-27-16(33)20(41)19(40)14(6-30)45-27/h2,10-24,26-28,34,36-42H,3-8,29-33H2,1H3,(H,35,43)/t10-,11+,12-,13-,14+,15-,16-,17+,18?,19-,20-,21-,22-,23-,24-,26-,27-,28+/m1/s1. The minimum Gasteiger partial charge on any atom is -0.467 e. The Morgan fingerprint density at radius 2 is 1.55 bits per heavy atom. The van der Waals surface area contributed by atoms with E-state index < -0.39 is 129 Å². The monoisotopic (exact) mass is 711 g/mol. The van der Waals surface area contributed by atoms with Crippen LogP contribution < -0.4 is 39.3 Å². The van der Waals surface area contributed by atoms with E-state index in [2.05, 4.69) is 10.6 Å². The van der Waals surface area contributed by atoms with E-state index in [-0.39, 0.29) is 13.0 Å². The average molecular weight is 712 g/mol. The summed E-state index contributed by atoms with van der Waals surface area (Å²) in [6.45, 7) is -0.915. The maximum absolute atomic E-state index is 12.7.